The van der Waals surface area contributed by atoms with Crippen molar-refractivity contribution in [3.8, 4) is 23.0 Å². The number of ether oxygens (including phenoxy) is 4. The van der Waals surface area contributed by atoms with Gasteiger partial charge < -0.3 is 24.1 Å². The number of cyclic esters (lactones) is 1. The molecule has 196 valence electrons. The molecule has 2 aromatic carbocycles. The Labute approximate surface area is 216 Å². The largest absolute Gasteiger partial charge is 0.507 e. The van der Waals surface area contributed by atoms with Gasteiger partial charge in [0.05, 0.1) is 26.7 Å². The SMILES string of the molecule is COc1cc(OC)cc(C2CC(=O)Oc3cc4c(c(O)c32)C(=O)O[C@@H](C)CCCC(=O)CCCC=C4)c1. The number of fused-ring (bicyclic) bond motifs is 2. The van der Waals surface area contributed by atoms with Gasteiger partial charge in [-0.3, -0.25) is 9.59 Å². The molecule has 0 aliphatic carbocycles. The van der Waals surface area contributed by atoms with Crippen molar-refractivity contribution in [2.24, 2.45) is 0 Å². The summed E-state index contributed by atoms with van der Waals surface area (Å²) in [5.41, 5.74) is 1.41. The predicted molar refractivity (Wildman–Crippen MR) is 136 cm³/mol. The molecule has 4 rings (SSSR count). The van der Waals surface area contributed by atoms with Crippen LogP contribution in [0.3, 0.4) is 0 Å². The van der Waals surface area contributed by atoms with E-state index in [0.717, 1.165) is 0 Å². The van der Waals surface area contributed by atoms with Gasteiger partial charge in [-0.1, -0.05) is 12.2 Å². The quantitative estimate of drug-likeness (QED) is 0.438. The van der Waals surface area contributed by atoms with Crippen LogP contribution >= 0.6 is 0 Å². The van der Waals surface area contributed by atoms with Crippen LogP contribution in [0.1, 0.15) is 84.8 Å². The lowest BCUT2D eigenvalue weighted by molar-refractivity contribution is -0.135. The maximum Gasteiger partial charge on any atom is 0.342 e. The molecule has 0 spiro atoms. The minimum absolute atomic E-state index is 0.0211. The van der Waals surface area contributed by atoms with Gasteiger partial charge in [-0.2, -0.15) is 0 Å². The van der Waals surface area contributed by atoms with Gasteiger partial charge in [0.2, 0.25) is 0 Å². The van der Waals surface area contributed by atoms with Gasteiger partial charge in [0.1, 0.15) is 34.3 Å². The maximum absolute atomic E-state index is 13.3. The molecular weight excluding hydrogens is 476 g/mol. The number of rotatable bonds is 3. The number of phenols is 1. The second-order valence-corrected chi connectivity index (χ2v) is 9.42. The number of methoxy groups -OCH3 is 2. The van der Waals surface area contributed by atoms with Crippen molar-refractivity contribution in [3.05, 3.63) is 52.6 Å². The summed E-state index contributed by atoms with van der Waals surface area (Å²) in [6, 6.07) is 6.84. The van der Waals surface area contributed by atoms with Crippen LogP contribution < -0.4 is 14.2 Å². The molecule has 2 aromatic rings. The Hall–Kier alpha value is -3.81. The Morgan fingerprint density at radius 2 is 1.68 bits per heavy atom. The topological polar surface area (TPSA) is 108 Å². The molecule has 37 heavy (non-hydrogen) atoms. The highest BCUT2D eigenvalue weighted by Crippen LogP contribution is 2.48. The summed E-state index contributed by atoms with van der Waals surface area (Å²) in [5.74, 6) is -0.573. The van der Waals surface area contributed by atoms with Crippen LogP contribution in [0, 0.1) is 0 Å². The molecule has 0 fully saturated rings. The molecular formula is C29H32O8. The van der Waals surface area contributed by atoms with Crippen molar-refractivity contribution >= 4 is 23.8 Å². The zero-order valence-electron chi connectivity index (χ0n) is 21.4. The number of benzene rings is 2. The summed E-state index contributed by atoms with van der Waals surface area (Å²) in [6.45, 7) is 1.77. The zero-order valence-corrected chi connectivity index (χ0v) is 21.4. The van der Waals surface area contributed by atoms with Gasteiger partial charge in [0.15, 0.2) is 0 Å². The molecule has 0 bridgehead atoms. The highest BCUT2D eigenvalue weighted by Gasteiger charge is 2.36. The average molecular weight is 509 g/mol. The Morgan fingerprint density at radius 1 is 0.973 bits per heavy atom. The van der Waals surface area contributed by atoms with E-state index in [4.69, 9.17) is 18.9 Å². The number of allylic oxidation sites excluding steroid dienone is 1. The predicted octanol–water partition coefficient (Wildman–Crippen LogP) is 5.33. The van der Waals surface area contributed by atoms with Gasteiger partial charge in [-0.25, -0.2) is 4.79 Å². The summed E-state index contributed by atoms with van der Waals surface area (Å²) in [5, 5.41) is 11.5. The van der Waals surface area contributed by atoms with Gasteiger partial charge in [-0.15, -0.1) is 0 Å². The number of hydrogen-bond acceptors (Lipinski definition) is 8. The minimum atomic E-state index is -0.672. The number of esters is 2. The zero-order chi connectivity index (χ0) is 26.5. The lowest BCUT2D eigenvalue weighted by Gasteiger charge is -2.28. The minimum Gasteiger partial charge on any atom is -0.507 e. The highest BCUT2D eigenvalue weighted by molar-refractivity contribution is 5.98. The smallest absolute Gasteiger partial charge is 0.342 e. The van der Waals surface area contributed by atoms with Crippen LogP contribution in [-0.2, 0) is 14.3 Å². The van der Waals surface area contributed by atoms with E-state index in [0.29, 0.717) is 66.7 Å². The Kier molecular flexibility index (Phi) is 8.16. The fourth-order valence-electron chi connectivity index (χ4n) is 4.83. The lowest BCUT2D eigenvalue weighted by atomic mass is 9.83. The number of carbonyl (C=O) groups excluding carboxylic acids is 3. The number of phenolic OH excluding ortho intramolecular Hbond substituents is 1. The first-order valence-corrected chi connectivity index (χ1v) is 12.5. The third-order valence-electron chi connectivity index (χ3n) is 6.75. The number of Topliss-reactive ketones (excluding diaryl/α,β-unsaturated/α-hetero) is 1. The molecule has 0 radical (unpaired) electrons. The first kappa shape index (κ1) is 26.3. The second kappa shape index (κ2) is 11.5. The Morgan fingerprint density at radius 3 is 2.38 bits per heavy atom. The van der Waals surface area contributed by atoms with Crippen molar-refractivity contribution in [1.29, 1.82) is 0 Å². The molecule has 8 heteroatoms. The molecule has 1 unspecified atom stereocenters. The van der Waals surface area contributed by atoms with Gasteiger partial charge in [0.25, 0.3) is 0 Å². The van der Waals surface area contributed by atoms with E-state index in [9.17, 15) is 19.5 Å². The lowest BCUT2D eigenvalue weighted by Crippen LogP contribution is -2.23. The number of hydrogen-bond donors (Lipinski definition) is 1. The molecule has 2 aliphatic heterocycles. The van der Waals surface area contributed by atoms with Crippen LogP contribution in [0.15, 0.2) is 30.3 Å². The van der Waals surface area contributed by atoms with E-state index in [1.165, 1.54) is 14.2 Å². The normalized spacial score (nSPS) is 20.7. The number of aromatic hydroxyl groups is 1. The fourth-order valence-corrected chi connectivity index (χ4v) is 4.83. The molecule has 2 heterocycles. The standard InChI is InChI=1S/C29H32O8/c1-17-8-7-11-20(30)10-6-4-5-9-18-14-24-27(28(32)26(18)29(33)36-17)23(16-25(31)37-24)19-12-21(34-2)15-22(13-19)35-3/h5,9,12-15,17,23,32H,4,6-8,10-11,16H2,1-3H3/t17-,23?/m0/s1. The van der Waals surface area contributed by atoms with E-state index in [1.54, 1.807) is 37.3 Å². The molecule has 2 aliphatic rings. The van der Waals surface area contributed by atoms with Crippen molar-refractivity contribution < 1.29 is 38.4 Å². The summed E-state index contributed by atoms with van der Waals surface area (Å²) in [7, 11) is 3.06. The fraction of sp³-hybridized carbons (Fsp3) is 0.414. The molecule has 0 amide bonds. The van der Waals surface area contributed by atoms with Gasteiger partial charge in [0, 0.05) is 30.4 Å². The van der Waals surface area contributed by atoms with E-state index in [-0.39, 0.29) is 29.3 Å². The van der Waals surface area contributed by atoms with Crippen LogP contribution in [0.5, 0.6) is 23.0 Å². The number of ketones is 1. The van der Waals surface area contributed by atoms with E-state index in [2.05, 4.69) is 0 Å². The van der Waals surface area contributed by atoms with Crippen LogP contribution in [-0.4, -0.2) is 43.2 Å². The summed E-state index contributed by atoms with van der Waals surface area (Å²) in [4.78, 5) is 38.0. The molecule has 1 N–H and O–H groups in total. The van der Waals surface area contributed by atoms with Crippen molar-refractivity contribution in [2.45, 2.75) is 63.9 Å². The molecule has 2 atom stereocenters. The number of carbonyl (C=O) groups is 3. The Balaban J connectivity index is 1.84. The molecule has 8 nitrogen and oxygen atoms in total. The van der Waals surface area contributed by atoms with E-state index in [1.807, 2.05) is 6.08 Å². The highest BCUT2D eigenvalue weighted by atomic mass is 16.5. The monoisotopic (exact) mass is 508 g/mol. The van der Waals surface area contributed by atoms with Crippen molar-refractivity contribution in [1.82, 2.24) is 0 Å². The third kappa shape index (κ3) is 5.96. The van der Waals surface area contributed by atoms with Crippen molar-refractivity contribution in [2.75, 3.05) is 14.2 Å². The van der Waals surface area contributed by atoms with Crippen molar-refractivity contribution in [3.63, 3.8) is 0 Å². The average Bonchev–Trinajstić information content (AvgIpc) is 2.86. The van der Waals surface area contributed by atoms with Crippen LogP contribution in [0.25, 0.3) is 6.08 Å². The third-order valence-corrected chi connectivity index (χ3v) is 6.75. The van der Waals surface area contributed by atoms with Gasteiger partial charge in [-0.05, 0) is 61.9 Å². The van der Waals surface area contributed by atoms with Crippen LogP contribution in [0.4, 0.5) is 0 Å². The first-order valence-electron chi connectivity index (χ1n) is 12.5. The van der Waals surface area contributed by atoms with Crippen LogP contribution in [0.2, 0.25) is 0 Å². The first-order chi connectivity index (χ1) is 17.8. The maximum atomic E-state index is 13.3. The van der Waals surface area contributed by atoms with E-state index >= 15 is 0 Å². The Bertz CT molecular complexity index is 1210. The second-order valence-electron chi connectivity index (χ2n) is 9.42. The summed E-state index contributed by atoms with van der Waals surface area (Å²) >= 11 is 0. The van der Waals surface area contributed by atoms with E-state index < -0.39 is 24.0 Å². The molecule has 0 aromatic heterocycles. The van der Waals surface area contributed by atoms with Gasteiger partial charge >= 0.3 is 11.9 Å². The summed E-state index contributed by atoms with van der Waals surface area (Å²) < 4.78 is 22.0. The molecule has 0 saturated heterocycles. The molecule has 0 saturated carbocycles. The summed E-state index contributed by atoms with van der Waals surface area (Å²) in [6.07, 6.45) is 6.50.